The summed E-state index contributed by atoms with van der Waals surface area (Å²) in [6.45, 7) is 5.68. The molecule has 1 aromatic rings. The SMILES string of the molecule is CC(C)C(=O)N1CC[C@@H](OCC2CC2)[C@@H]1Cc1ccccc1. The van der Waals surface area contributed by atoms with Gasteiger partial charge in [0, 0.05) is 19.1 Å². The molecule has 0 aromatic heterocycles. The molecule has 0 radical (unpaired) electrons. The molecule has 3 nitrogen and oxygen atoms in total. The highest BCUT2D eigenvalue weighted by molar-refractivity contribution is 5.78. The number of hydrogen-bond acceptors (Lipinski definition) is 2. The highest BCUT2D eigenvalue weighted by atomic mass is 16.5. The number of rotatable bonds is 6. The van der Waals surface area contributed by atoms with Crippen molar-refractivity contribution in [1.29, 1.82) is 0 Å². The second-order valence-electron chi connectivity index (χ2n) is 7.05. The first kappa shape index (κ1) is 15.5. The number of benzene rings is 1. The first-order valence-corrected chi connectivity index (χ1v) is 8.61. The van der Waals surface area contributed by atoms with Crippen molar-refractivity contribution in [2.75, 3.05) is 13.2 Å². The van der Waals surface area contributed by atoms with Crippen molar-refractivity contribution in [3.8, 4) is 0 Å². The number of likely N-dealkylation sites (tertiary alicyclic amines) is 1. The molecule has 1 saturated heterocycles. The summed E-state index contributed by atoms with van der Waals surface area (Å²) >= 11 is 0. The molecular weight excluding hydrogens is 274 g/mol. The van der Waals surface area contributed by atoms with E-state index in [1.807, 2.05) is 19.9 Å². The van der Waals surface area contributed by atoms with E-state index < -0.39 is 0 Å². The first-order chi connectivity index (χ1) is 10.6. The van der Waals surface area contributed by atoms with Gasteiger partial charge in [-0.25, -0.2) is 0 Å². The molecule has 120 valence electrons. The van der Waals surface area contributed by atoms with E-state index in [1.54, 1.807) is 0 Å². The summed E-state index contributed by atoms with van der Waals surface area (Å²) in [4.78, 5) is 14.6. The van der Waals surface area contributed by atoms with Crippen LogP contribution >= 0.6 is 0 Å². The Bertz CT molecular complexity index is 495. The van der Waals surface area contributed by atoms with E-state index in [9.17, 15) is 4.79 Å². The van der Waals surface area contributed by atoms with Gasteiger partial charge < -0.3 is 9.64 Å². The molecule has 2 aliphatic rings. The number of carbonyl (C=O) groups excluding carboxylic acids is 1. The number of carbonyl (C=O) groups is 1. The van der Waals surface area contributed by atoms with Crippen LogP contribution in [0.5, 0.6) is 0 Å². The van der Waals surface area contributed by atoms with Crippen molar-refractivity contribution in [3.05, 3.63) is 35.9 Å². The van der Waals surface area contributed by atoms with Gasteiger partial charge in [-0.15, -0.1) is 0 Å². The second-order valence-corrected chi connectivity index (χ2v) is 7.05. The fourth-order valence-corrected chi connectivity index (χ4v) is 3.27. The molecule has 1 heterocycles. The Morgan fingerprint density at radius 2 is 1.95 bits per heavy atom. The Hall–Kier alpha value is -1.35. The lowest BCUT2D eigenvalue weighted by atomic mass is 10.0. The van der Waals surface area contributed by atoms with Gasteiger partial charge in [-0.05, 0) is 37.2 Å². The minimum atomic E-state index is 0.0560. The lowest BCUT2D eigenvalue weighted by Gasteiger charge is -2.29. The third kappa shape index (κ3) is 3.70. The highest BCUT2D eigenvalue weighted by Gasteiger charge is 2.39. The maximum absolute atomic E-state index is 12.5. The molecule has 1 aromatic carbocycles. The van der Waals surface area contributed by atoms with Crippen molar-refractivity contribution in [3.63, 3.8) is 0 Å². The van der Waals surface area contributed by atoms with E-state index in [0.717, 1.165) is 31.9 Å². The molecule has 2 atom stereocenters. The fraction of sp³-hybridized carbons (Fsp3) is 0.632. The van der Waals surface area contributed by atoms with Crippen molar-refractivity contribution < 1.29 is 9.53 Å². The zero-order valence-electron chi connectivity index (χ0n) is 13.7. The summed E-state index contributed by atoms with van der Waals surface area (Å²) in [5.41, 5.74) is 1.29. The van der Waals surface area contributed by atoms with Gasteiger partial charge in [-0.3, -0.25) is 4.79 Å². The lowest BCUT2D eigenvalue weighted by Crippen LogP contribution is -2.43. The van der Waals surface area contributed by atoms with E-state index in [2.05, 4.69) is 29.2 Å². The van der Waals surface area contributed by atoms with Gasteiger partial charge in [0.25, 0.3) is 0 Å². The maximum Gasteiger partial charge on any atom is 0.225 e. The molecule has 1 aliphatic heterocycles. The monoisotopic (exact) mass is 301 g/mol. The van der Waals surface area contributed by atoms with E-state index in [-0.39, 0.29) is 24.0 Å². The largest absolute Gasteiger partial charge is 0.376 e. The molecule has 0 unspecified atom stereocenters. The Morgan fingerprint density at radius 3 is 2.59 bits per heavy atom. The number of ether oxygens (including phenoxy) is 1. The molecule has 0 N–H and O–H groups in total. The molecule has 0 bridgehead atoms. The highest BCUT2D eigenvalue weighted by Crippen LogP contribution is 2.32. The van der Waals surface area contributed by atoms with Gasteiger partial charge in [0.2, 0.25) is 5.91 Å². The number of nitrogens with zero attached hydrogens (tertiary/aromatic N) is 1. The molecule has 3 rings (SSSR count). The lowest BCUT2D eigenvalue weighted by molar-refractivity contribution is -0.136. The summed E-state index contributed by atoms with van der Waals surface area (Å²) in [5, 5.41) is 0. The van der Waals surface area contributed by atoms with Crippen LogP contribution in [0.1, 0.15) is 38.7 Å². The smallest absolute Gasteiger partial charge is 0.225 e. The number of hydrogen-bond donors (Lipinski definition) is 0. The fourth-order valence-electron chi connectivity index (χ4n) is 3.27. The van der Waals surface area contributed by atoms with E-state index >= 15 is 0 Å². The van der Waals surface area contributed by atoms with Gasteiger partial charge in [0.1, 0.15) is 0 Å². The van der Waals surface area contributed by atoms with Crippen LogP contribution in [-0.4, -0.2) is 36.1 Å². The standard InChI is InChI=1S/C19H27NO2/c1-14(2)19(21)20-11-10-18(22-13-16-8-9-16)17(20)12-15-6-4-3-5-7-15/h3-7,14,16-18H,8-13H2,1-2H3/t17-,18+/m0/s1. The summed E-state index contributed by atoms with van der Waals surface area (Å²) in [6, 6.07) is 10.7. The van der Waals surface area contributed by atoms with E-state index in [0.29, 0.717) is 0 Å². The molecule has 1 aliphatic carbocycles. The Labute approximate surface area is 133 Å². The van der Waals surface area contributed by atoms with Gasteiger partial charge in [-0.1, -0.05) is 44.2 Å². The topological polar surface area (TPSA) is 29.5 Å². The first-order valence-electron chi connectivity index (χ1n) is 8.61. The van der Waals surface area contributed by atoms with Crippen molar-refractivity contribution in [2.45, 2.75) is 51.7 Å². The zero-order valence-corrected chi connectivity index (χ0v) is 13.7. The third-order valence-electron chi connectivity index (χ3n) is 4.79. The molecule has 1 amide bonds. The summed E-state index contributed by atoms with van der Waals surface area (Å²) in [6.07, 6.45) is 4.69. The van der Waals surface area contributed by atoms with Gasteiger partial charge in [0.15, 0.2) is 0 Å². The van der Waals surface area contributed by atoms with Crippen LogP contribution in [0, 0.1) is 11.8 Å². The Kier molecular flexibility index (Phi) is 4.82. The number of amides is 1. The minimum absolute atomic E-state index is 0.0560. The molecule has 3 heteroatoms. The summed E-state index contributed by atoms with van der Waals surface area (Å²) in [7, 11) is 0. The van der Waals surface area contributed by atoms with E-state index in [1.165, 1.54) is 18.4 Å². The van der Waals surface area contributed by atoms with Crippen LogP contribution in [-0.2, 0) is 16.0 Å². The van der Waals surface area contributed by atoms with Crippen LogP contribution < -0.4 is 0 Å². The molecule has 1 saturated carbocycles. The zero-order chi connectivity index (χ0) is 15.5. The van der Waals surface area contributed by atoms with Crippen LogP contribution in [0.3, 0.4) is 0 Å². The molecular formula is C19H27NO2. The van der Waals surface area contributed by atoms with Crippen LogP contribution in [0.15, 0.2) is 30.3 Å². The van der Waals surface area contributed by atoms with Crippen LogP contribution in [0.4, 0.5) is 0 Å². The van der Waals surface area contributed by atoms with Crippen molar-refractivity contribution >= 4 is 5.91 Å². The average molecular weight is 301 g/mol. The van der Waals surface area contributed by atoms with Crippen molar-refractivity contribution in [2.24, 2.45) is 11.8 Å². The summed E-state index contributed by atoms with van der Waals surface area (Å²) < 4.78 is 6.18. The van der Waals surface area contributed by atoms with Crippen molar-refractivity contribution in [1.82, 2.24) is 4.90 Å². The average Bonchev–Trinajstić information content (AvgIpc) is 3.27. The quantitative estimate of drug-likeness (QED) is 0.807. The van der Waals surface area contributed by atoms with Crippen LogP contribution in [0.2, 0.25) is 0 Å². The predicted molar refractivity (Wildman–Crippen MR) is 87.6 cm³/mol. The normalized spacial score (nSPS) is 25.0. The molecule has 2 fully saturated rings. The Balaban J connectivity index is 1.70. The molecule has 22 heavy (non-hydrogen) atoms. The summed E-state index contributed by atoms with van der Waals surface area (Å²) in [5.74, 6) is 1.09. The molecule has 0 spiro atoms. The maximum atomic E-state index is 12.5. The van der Waals surface area contributed by atoms with E-state index in [4.69, 9.17) is 4.74 Å². The minimum Gasteiger partial charge on any atom is -0.376 e. The third-order valence-corrected chi connectivity index (χ3v) is 4.79. The van der Waals surface area contributed by atoms with Gasteiger partial charge >= 0.3 is 0 Å². The second kappa shape index (κ2) is 6.82. The van der Waals surface area contributed by atoms with Gasteiger partial charge in [0.05, 0.1) is 12.1 Å². The van der Waals surface area contributed by atoms with Crippen LogP contribution in [0.25, 0.3) is 0 Å². The predicted octanol–water partition coefficient (Wildman–Crippen LogP) is 3.28. The van der Waals surface area contributed by atoms with Gasteiger partial charge in [-0.2, -0.15) is 0 Å². The Morgan fingerprint density at radius 1 is 1.23 bits per heavy atom.